The Labute approximate surface area is 60.7 Å². The van der Waals surface area contributed by atoms with Gasteiger partial charge in [0.25, 0.3) is 0 Å². The highest BCUT2D eigenvalue weighted by molar-refractivity contribution is 4.90. The molecule has 0 unspecified atom stereocenters. The summed E-state index contributed by atoms with van der Waals surface area (Å²) in [5.74, 6) is -0.157. The number of hydrogen-bond acceptors (Lipinski definition) is 3. The fourth-order valence-electron chi connectivity index (χ4n) is 1.18. The molecule has 1 aliphatic rings. The Morgan fingerprint density at radius 1 is 1.40 bits per heavy atom. The molecule has 0 spiro atoms. The summed E-state index contributed by atoms with van der Waals surface area (Å²) < 4.78 is 0. The predicted octanol–water partition coefficient (Wildman–Crippen LogP) is -0.130. The number of rotatable bonds is 0. The van der Waals surface area contributed by atoms with E-state index in [0.717, 1.165) is 19.5 Å². The lowest BCUT2D eigenvalue weighted by Crippen LogP contribution is -2.18. The average Bonchev–Trinajstić information content (AvgIpc) is 2.13. The fourth-order valence-corrected chi connectivity index (χ4v) is 1.18. The van der Waals surface area contributed by atoms with Crippen LogP contribution in [-0.2, 0) is 0 Å². The van der Waals surface area contributed by atoms with Gasteiger partial charge < -0.3 is 10.4 Å². The maximum absolute atomic E-state index is 9.29. The van der Waals surface area contributed by atoms with Crippen molar-refractivity contribution < 1.29 is 5.11 Å². The van der Waals surface area contributed by atoms with Gasteiger partial charge in [-0.3, -0.25) is 0 Å². The molecule has 0 saturated carbocycles. The highest BCUT2D eigenvalue weighted by atomic mass is 16.3. The summed E-state index contributed by atoms with van der Waals surface area (Å²) in [5, 5.41) is 21.0. The third kappa shape index (κ3) is 1.69. The van der Waals surface area contributed by atoms with E-state index in [1.54, 1.807) is 0 Å². The molecule has 1 heterocycles. The van der Waals surface area contributed by atoms with Crippen molar-refractivity contribution in [3.8, 4) is 6.07 Å². The number of aliphatic hydroxyl groups is 1. The monoisotopic (exact) mass is 140 g/mol. The largest absolute Gasteiger partial charge is 0.392 e. The van der Waals surface area contributed by atoms with Crippen molar-refractivity contribution in [2.45, 2.75) is 18.9 Å². The van der Waals surface area contributed by atoms with Gasteiger partial charge in [0.15, 0.2) is 0 Å². The molecule has 0 aromatic rings. The molecule has 0 amide bonds. The van der Waals surface area contributed by atoms with Crippen molar-refractivity contribution in [1.29, 1.82) is 5.26 Å². The third-order valence-electron chi connectivity index (χ3n) is 1.88. The van der Waals surface area contributed by atoms with Crippen LogP contribution < -0.4 is 5.32 Å². The third-order valence-corrected chi connectivity index (χ3v) is 1.88. The Hall–Kier alpha value is -0.590. The van der Waals surface area contributed by atoms with Crippen molar-refractivity contribution in [2.24, 2.45) is 5.92 Å². The van der Waals surface area contributed by atoms with E-state index < -0.39 is 6.10 Å². The van der Waals surface area contributed by atoms with Crippen molar-refractivity contribution in [2.75, 3.05) is 13.1 Å². The van der Waals surface area contributed by atoms with E-state index in [9.17, 15) is 5.11 Å². The molecule has 1 rings (SSSR count). The van der Waals surface area contributed by atoms with Crippen LogP contribution in [0.25, 0.3) is 0 Å². The molecule has 1 saturated heterocycles. The quantitative estimate of drug-likeness (QED) is 0.493. The van der Waals surface area contributed by atoms with Gasteiger partial charge in [-0.25, -0.2) is 0 Å². The number of aliphatic hydroxyl groups excluding tert-OH is 1. The first kappa shape index (κ1) is 7.52. The zero-order chi connectivity index (χ0) is 7.40. The minimum absolute atomic E-state index is 0.157. The molecular formula is C7H12N2O. The first-order valence-electron chi connectivity index (χ1n) is 3.63. The van der Waals surface area contributed by atoms with Crippen molar-refractivity contribution in [1.82, 2.24) is 5.32 Å². The second kappa shape index (κ2) is 3.55. The van der Waals surface area contributed by atoms with Gasteiger partial charge in [0, 0.05) is 0 Å². The molecule has 3 heteroatoms. The fraction of sp³-hybridized carbons (Fsp3) is 0.857. The normalized spacial score (nSPS) is 34.4. The maximum atomic E-state index is 9.29. The van der Waals surface area contributed by atoms with Crippen LogP contribution in [0.1, 0.15) is 12.8 Å². The van der Waals surface area contributed by atoms with E-state index in [1.807, 2.05) is 0 Å². The van der Waals surface area contributed by atoms with Crippen LogP contribution >= 0.6 is 0 Å². The van der Waals surface area contributed by atoms with Gasteiger partial charge in [-0.05, 0) is 25.9 Å². The zero-order valence-electron chi connectivity index (χ0n) is 5.88. The van der Waals surface area contributed by atoms with Crippen LogP contribution in [0.2, 0.25) is 0 Å². The van der Waals surface area contributed by atoms with Gasteiger partial charge in [0.2, 0.25) is 0 Å². The van der Waals surface area contributed by atoms with Crippen LogP contribution in [0.15, 0.2) is 0 Å². The van der Waals surface area contributed by atoms with Crippen LogP contribution in [0.3, 0.4) is 0 Å². The number of nitrogens with one attached hydrogen (secondary N) is 1. The Bertz CT molecular complexity index is 141. The Morgan fingerprint density at radius 2 is 2.10 bits per heavy atom. The summed E-state index contributed by atoms with van der Waals surface area (Å²) in [6.07, 6.45) is 1.07. The minimum Gasteiger partial charge on any atom is -0.392 e. The number of nitriles is 1. The molecule has 0 aromatic heterocycles. The molecule has 2 N–H and O–H groups in total. The predicted molar refractivity (Wildman–Crippen MR) is 37.2 cm³/mol. The van der Waals surface area contributed by atoms with Crippen LogP contribution in [0.4, 0.5) is 0 Å². The van der Waals surface area contributed by atoms with E-state index in [2.05, 4.69) is 11.4 Å². The molecule has 1 fully saturated rings. The molecule has 0 aromatic carbocycles. The summed E-state index contributed by atoms with van der Waals surface area (Å²) in [5.41, 5.74) is 0. The lowest BCUT2D eigenvalue weighted by molar-refractivity contribution is 0.130. The van der Waals surface area contributed by atoms with Crippen molar-refractivity contribution in [3.05, 3.63) is 0 Å². The molecular weight excluding hydrogens is 128 g/mol. The standard InChI is InChI=1S/C7H12N2O/c8-5-6-1-3-9-4-2-7(6)10/h6-7,9-10H,1-4H2/t6-,7+/m1/s1. The zero-order valence-corrected chi connectivity index (χ0v) is 5.88. The van der Waals surface area contributed by atoms with Gasteiger partial charge in [0.1, 0.15) is 0 Å². The molecule has 10 heavy (non-hydrogen) atoms. The Kier molecular flexibility index (Phi) is 2.67. The molecule has 2 atom stereocenters. The maximum Gasteiger partial charge on any atom is 0.0735 e. The summed E-state index contributed by atoms with van der Waals surface area (Å²) >= 11 is 0. The number of hydrogen-bond donors (Lipinski definition) is 2. The smallest absolute Gasteiger partial charge is 0.0735 e. The first-order valence-corrected chi connectivity index (χ1v) is 3.63. The molecule has 1 aliphatic heterocycles. The molecule has 0 radical (unpaired) electrons. The van der Waals surface area contributed by atoms with Gasteiger partial charge in [-0.1, -0.05) is 0 Å². The van der Waals surface area contributed by atoms with E-state index in [0.29, 0.717) is 6.42 Å². The van der Waals surface area contributed by atoms with E-state index in [4.69, 9.17) is 5.26 Å². The second-order valence-electron chi connectivity index (χ2n) is 2.63. The lowest BCUT2D eigenvalue weighted by atomic mass is 10.00. The number of nitrogens with zero attached hydrogens (tertiary/aromatic N) is 1. The van der Waals surface area contributed by atoms with Gasteiger partial charge in [-0.2, -0.15) is 5.26 Å². The molecule has 0 bridgehead atoms. The SMILES string of the molecule is N#C[C@H]1CCNCC[C@@H]1O. The minimum atomic E-state index is -0.417. The topological polar surface area (TPSA) is 56.0 Å². The van der Waals surface area contributed by atoms with E-state index >= 15 is 0 Å². The van der Waals surface area contributed by atoms with Crippen molar-refractivity contribution in [3.63, 3.8) is 0 Å². The molecule has 3 nitrogen and oxygen atoms in total. The van der Waals surface area contributed by atoms with Gasteiger partial charge in [0.05, 0.1) is 18.1 Å². The van der Waals surface area contributed by atoms with E-state index in [-0.39, 0.29) is 5.92 Å². The summed E-state index contributed by atoms with van der Waals surface area (Å²) in [6.45, 7) is 1.69. The van der Waals surface area contributed by atoms with Crippen LogP contribution in [0.5, 0.6) is 0 Å². The molecule has 56 valence electrons. The Morgan fingerprint density at radius 3 is 2.80 bits per heavy atom. The van der Waals surface area contributed by atoms with Gasteiger partial charge >= 0.3 is 0 Å². The summed E-state index contributed by atoms with van der Waals surface area (Å²) in [7, 11) is 0. The highest BCUT2D eigenvalue weighted by Crippen LogP contribution is 2.12. The lowest BCUT2D eigenvalue weighted by Gasteiger charge is -2.10. The summed E-state index contributed by atoms with van der Waals surface area (Å²) in [4.78, 5) is 0. The van der Waals surface area contributed by atoms with Gasteiger partial charge in [-0.15, -0.1) is 0 Å². The summed E-state index contributed by atoms with van der Waals surface area (Å²) in [6, 6.07) is 2.10. The Balaban J connectivity index is 2.45. The first-order chi connectivity index (χ1) is 4.84. The van der Waals surface area contributed by atoms with Crippen LogP contribution in [0, 0.1) is 17.2 Å². The molecule has 0 aliphatic carbocycles. The second-order valence-corrected chi connectivity index (χ2v) is 2.63. The van der Waals surface area contributed by atoms with Crippen molar-refractivity contribution >= 4 is 0 Å². The highest BCUT2D eigenvalue weighted by Gasteiger charge is 2.20. The average molecular weight is 140 g/mol. The van der Waals surface area contributed by atoms with Crippen LogP contribution in [-0.4, -0.2) is 24.3 Å². The van der Waals surface area contributed by atoms with E-state index in [1.165, 1.54) is 0 Å².